The zero-order valence-electron chi connectivity index (χ0n) is 15.9. The Hall–Kier alpha value is -2.60. The second kappa shape index (κ2) is 6.23. The molecule has 0 atom stereocenters. The van der Waals surface area contributed by atoms with Crippen LogP contribution in [0.5, 0.6) is 5.75 Å². The molecule has 27 heavy (non-hydrogen) atoms. The Labute approximate surface area is 159 Å². The second-order valence-electron chi connectivity index (χ2n) is 7.03. The molecule has 4 rings (SSSR count). The van der Waals surface area contributed by atoms with Gasteiger partial charge in [0.2, 0.25) is 0 Å². The van der Waals surface area contributed by atoms with Crippen LogP contribution >= 0.6 is 0 Å². The molecular formula is C21H22N2O3S. The predicted octanol–water partition coefficient (Wildman–Crippen LogP) is 3.92. The number of nitrogens with zero attached hydrogens (tertiary/aromatic N) is 2. The van der Waals surface area contributed by atoms with Gasteiger partial charge in [0.25, 0.3) is 10.0 Å². The van der Waals surface area contributed by atoms with Gasteiger partial charge in [-0.25, -0.2) is 17.7 Å². The molecular weight excluding hydrogens is 360 g/mol. The predicted molar refractivity (Wildman–Crippen MR) is 107 cm³/mol. The van der Waals surface area contributed by atoms with Gasteiger partial charge in [-0.1, -0.05) is 18.2 Å². The third kappa shape index (κ3) is 2.75. The molecule has 0 fully saturated rings. The number of ether oxygens (including phenoxy) is 1. The fourth-order valence-corrected chi connectivity index (χ4v) is 5.26. The van der Waals surface area contributed by atoms with E-state index in [0.29, 0.717) is 24.5 Å². The first-order valence-corrected chi connectivity index (χ1v) is 10.3. The SMILES string of the molecule is COc1cc(C)c(C)cc1S(=O)(=O)N1CCc2cc3cccc(C)c3nc21. The number of aromatic nitrogens is 1. The highest BCUT2D eigenvalue weighted by molar-refractivity contribution is 7.93. The van der Waals surface area contributed by atoms with Crippen molar-refractivity contribution in [3.05, 3.63) is 58.7 Å². The molecule has 0 saturated heterocycles. The van der Waals surface area contributed by atoms with Gasteiger partial charge in [-0.2, -0.15) is 0 Å². The van der Waals surface area contributed by atoms with E-state index in [1.54, 1.807) is 12.1 Å². The molecule has 3 aromatic rings. The van der Waals surface area contributed by atoms with Crippen LogP contribution in [0.15, 0.2) is 41.3 Å². The lowest BCUT2D eigenvalue weighted by Crippen LogP contribution is -2.30. The van der Waals surface area contributed by atoms with Gasteiger partial charge in [-0.3, -0.25) is 0 Å². The molecule has 1 aliphatic rings. The summed E-state index contributed by atoms with van der Waals surface area (Å²) in [6.07, 6.45) is 0.651. The van der Waals surface area contributed by atoms with Crippen LogP contribution in [0.1, 0.15) is 22.3 Å². The van der Waals surface area contributed by atoms with Crippen molar-refractivity contribution in [2.24, 2.45) is 0 Å². The van der Waals surface area contributed by atoms with E-state index in [9.17, 15) is 8.42 Å². The fourth-order valence-electron chi connectivity index (χ4n) is 3.59. The van der Waals surface area contributed by atoms with Gasteiger partial charge in [0.15, 0.2) is 0 Å². The molecule has 2 heterocycles. The van der Waals surface area contributed by atoms with E-state index in [-0.39, 0.29) is 4.90 Å². The van der Waals surface area contributed by atoms with E-state index in [1.807, 2.05) is 39.0 Å². The molecule has 0 aliphatic carbocycles. The summed E-state index contributed by atoms with van der Waals surface area (Å²) in [5.74, 6) is 0.889. The number of hydrogen-bond acceptors (Lipinski definition) is 4. The van der Waals surface area contributed by atoms with Crippen LogP contribution in [-0.2, 0) is 16.4 Å². The summed E-state index contributed by atoms with van der Waals surface area (Å²) in [6.45, 7) is 6.22. The normalized spacial score (nSPS) is 13.9. The molecule has 2 aromatic carbocycles. The Morgan fingerprint density at radius 3 is 2.52 bits per heavy atom. The minimum Gasteiger partial charge on any atom is -0.495 e. The summed E-state index contributed by atoms with van der Waals surface area (Å²) in [7, 11) is -2.27. The first-order valence-electron chi connectivity index (χ1n) is 8.90. The molecule has 0 radical (unpaired) electrons. The maximum Gasteiger partial charge on any atom is 0.269 e. The summed E-state index contributed by atoms with van der Waals surface area (Å²) in [4.78, 5) is 4.92. The van der Waals surface area contributed by atoms with E-state index in [0.717, 1.165) is 33.2 Å². The van der Waals surface area contributed by atoms with Crippen LogP contribution in [0.2, 0.25) is 0 Å². The largest absolute Gasteiger partial charge is 0.495 e. The number of anilines is 1. The summed E-state index contributed by atoms with van der Waals surface area (Å²) in [6, 6.07) is 11.5. The third-order valence-electron chi connectivity index (χ3n) is 5.27. The van der Waals surface area contributed by atoms with Crippen LogP contribution in [0.25, 0.3) is 10.9 Å². The summed E-state index contributed by atoms with van der Waals surface area (Å²) < 4.78 is 33.7. The van der Waals surface area contributed by atoms with Gasteiger partial charge in [-0.05, 0) is 67.6 Å². The number of para-hydroxylation sites is 1. The quantitative estimate of drug-likeness (QED) is 0.689. The highest BCUT2D eigenvalue weighted by atomic mass is 32.2. The lowest BCUT2D eigenvalue weighted by atomic mass is 10.1. The van der Waals surface area contributed by atoms with E-state index >= 15 is 0 Å². The first-order chi connectivity index (χ1) is 12.8. The zero-order valence-corrected chi connectivity index (χ0v) is 16.7. The third-order valence-corrected chi connectivity index (χ3v) is 7.08. The average Bonchev–Trinajstić information content (AvgIpc) is 3.06. The number of methoxy groups -OCH3 is 1. The number of hydrogen-bond donors (Lipinski definition) is 0. The van der Waals surface area contributed by atoms with Crippen molar-refractivity contribution < 1.29 is 13.2 Å². The zero-order chi connectivity index (χ0) is 19.3. The van der Waals surface area contributed by atoms with E-state index < -0.39 is 10.0 Å². The van der Waals surface area contributed by atoms with Gasteiger partial charge < -0.3 is 4.74 Å². The minimum absolute atomic E-state index is 0.188. The maximum atomic E-state index is 13.5. The fraction of sp³-hybridized carbons (Fsp3) is 0.286. The van der Waals surface area contributed by atoms with Crippen molar-refractivity contribution in [1.82, 2.24) is 4.98 Å². The first kappa shape index (κ1) is 17.8. The number of aryl methyl sites for hydroxylation is 3. The number of benzene rings is 2. The molecule has 1 aromatic heterocycles. The lowest BCUT2D eigenvalue weighted by molar-refractivity contribution is 0.402. The van der Waals surface area contributed by atoms with Crippen LogP contribution in [-0.4, -0.2) is 27.1 Å². The van der Waals surface area contributed by atoms with Gasteiger partial charge in [0.1, 0.15) is 16.5 Å². The van der Waals surface area contributed by atoms with Crippen molar-refractivity contribution in [2.75, 3.05) is 18.0 Å². The number of sulfonamides is 1. The molecule has 5 nitrogen and oxygen atoms in total. The second-order valence-corrected chi connectivity index (χ2v) is 8.86. The van der Waals surface area contributed by atoms with Gasteiger partial charge in [0, 0.05) is 11.9 Å². The van der Waals surface area contributed by atoms with E-state index in [2.05, 4.69) is 6.07 Å². The lowest BCUT2D eigenvalue weighted by Gasteiger charge is -2.21. The van der Waals surface area contributed by atoms with Crippen molar-refractivity contribution in [1.29, 1.82) is 0 Å². The van der Waals surface area contributed by atoms with Crippen LogP contribution in [0.4, 0.5) is 5.82 Å². The summed E-state index contributed by atoms with van der Waals surface area (Å²) in [5, 5.41) is 1.04. The molecule has 0 unspecified atom stereocenters. The monoisotopic (exact) mass is 382 g/mol. The standard InChI is InChI=1S/C21H22N2O3S/c1-13-6-5-7-16-12-17-8-9-23(21(17)22-20(13)16)27(24,25)19-11-15(3)14(2)10-18(19)26-4/h5-7,10-12H,8-9H2,1-4H3. The molecule has 6 heteroatoms. The molecule has 0 saturated carbocycles. The minimum atomic E-state index is -3.77. The van der Waals surface area contributed by atoms with E-state index in [1.165, 1.54) is 11.4 Å². The average molecular weight is 382 g/mol. The van der Waals surface area contributed by atoms with Crippen LogP contribution < -0.4 is 9.04 Å². The van der Waals surface area contributed by atoms with Crippen molar-refractivity contribution in [2.45, 2.75) is 32.1 Å². The van der Waals surface area contributed by atoms with Crippen molar-refractivity contribution in [3.63, 3.8) is 0 Å². The highest BCUT2D eigenvalue weighted by Crippen LogP contribution is 2.37. The maximum absolute atomic E-state index is 13.5. The molecule has 140 valence electrons. The van der Waals surface area contributed by atoms with Crippen molar-refractivity contribution >= 4 is 26.7 Å². The molecule has 0 N–H and O–H groups in total. The van der Waals surface area contributed by atoms with Gasteiger partial charge >= 0.3 is 0 Å². The van der Waals surface area contributed by atoms with Crippen LogP contribution in [0, 0.1) is 20.8 Å². The Morgan fingerprint density at radius 1 is 1.04 bits per heavy atom. The molecule has 0 amide bonds. The highest BCUT2D eigenvalue weighted by Gasteiger charge is 2.34. The molecule has 0 spiro atoms. The van der Waals surface area contributed by atoms with Crippen LogP contribution in [0.3, 0.4) is 0 Å². The number of rotatable bonds is 3. The summed E-state index contributed by atoms with van der Waals surface area (Å²) >= 11 is 0. The Kier molecular flexibility index (Phi) is 4.11. The van der Waals surface area contributed by atoms with Gasteiger partial charge in [0.05, 0.1) is 12.6 Å². The Morgan fingerprint density at radius 2 is 1.78 bits per heavy atom. The number of fused-ring (bicyclic) bond motifs is 2. The summed E-state index contributed by atoms with van der Waals surface area (Å²) in [5.41, 5.74) is 4.73. The van der Waals surface area contributed by atoms with Crippen molar-refractivity contribution in [3.8, 4) is 5.75 Å². The van der Waals surface area contributed by atoms with E-state index in [4.69, 9.17) is 9.72 Å². The topological polar surface area (TPSA) is 59.5 Å². The smallest absolute Gasteiger partial charge is 0.269 e. The molecule has 1 aliphatic heterocycles. The Bertz CT molecular complexity index is 1170. The Balaban J connectivity index is 1.89. The molecule has 0 bridgehead atoms. The van der Waals surface area contributed by atoms with Gasteiger partial charge in [-0.15, -0.1) is 0 Å². The number of pyridine rings is 1.